The molecule has 1 unspecified atom stereocenters. The van der Waals surface area contributed by atoms with Crippen LogP contribution in [0.15, 0.2) is 53.4 Å². The number of amides is 1. The molecular formula is C21H25ClN2O6S. The summed E-state index contributed by atoms with van der Waals surface area (Å²) >= 11 is 5.83. The van der Waals surface area contributed by atoms with Crippen LogP contribution in [0.25, 0.3) is 0 Å². The Balaban J connectivity index is 1.42. The van der Waals surface area contributed by atoms with E-state index in [9.17, 15) is 13.2 Å². The molecule has 0 saturated carbocycles. The lowest BCUT2D eigenvalue weighted by molar-refractivity contribution is -0.127. The van der Waals surface area contributed by atoms with E-state index < -0.39 is 16.1 Å². The lowest BCUT2D eigenvalue weighted by atomic mass is 10.3. The Morgan fingerprint density at radius 2 is 1.71 bits per heavy atom. The van der Waals surface area contributed by atoms with Crippen LogP contribution in [-0.4, -0.2) is 64.2 Å². The molecule has 1 heterocycles. The van der Waals surface area contributed by atoms with Crippen LogP contribution in [0.1, 0.15) is 6.92 Å². The first-order chi connectivity index (χ1) is 14.9. The standard InChI is InChI=1S/C21H25ClN2O6S/c1-16(30-19-4-2-17(22)3-5-19)21(25)23-10-13-29-18-6-8-20(9-7-18)31(26,27)24-11-14-28-15-12-24/h2-9,16H,10-15H2,1H3,(H,23,25). The molecule has 2 aromatic carbocycles. The third kappa shape index (κ3) is 6.57. The van der Waals surface area contributed by atoms with Crippen molar-refractivity contribution in [1.29, 1.82) is 0 Å². The number of morpholine rings is 1. The van der Waals surface area contributed by atoms with E-state index in [1.165, 1.54) is 16.4 Å². The number of halogens is 1. The van der Waals surface area contributed by atoms with Gasteiger partial charge in [0.15, 0.2) is 6.10 Å². The Kier molecular flexibility index (Phi) is 8.14. The summed E-state index contributed by atoms with van der Waals surface area (Å²) in [6.45, 7) is 3.65. The monoisotopic (exact) mass is 468 g/mol. The van der Waals surface area contributed by atoms with Gasteiger partial charge in [-0.2, -0.15) is 4.31 Å². The van der Waals surface area contributed by atoms with E-state index in [0.717, 1.165) is 0 Å². The van der Waals surface area contributed by atoms with Crippen molar-refractivity contribution in [2.75, 3.05) is 39.5 Å². The van der Waals surface area contributed by atoms with Gasteiger partial charge in [0.2, 0.25) is 10.0 Å². The maximum atomic E-state index is 12.6. The number of hydrogen-bond donors (Lipinski definition) is 1. The van der Waals surface area contributed by atoms with E-state index in [1.54, 1.807) is 43.3 Å². The van der Waals surface area contributed by atoms with Gasteiger partial charge in [-0.05, 0) is 55.5 Å². The molecule has 1 aliphatic rings. The summed E-state index contributed by atoms with van der Waals surface area (Å²) in [7, 11) is -3.53. The number of rotatable bonds is 9. The highest BCUT2D eigenvalue weighted by molar-refractivity contribution is 7.89. The summed E-state index contributed by atoms with van der Waals surface area (Å²) < 4.78 is 43.0. The van der Waals surface area contributed by atoms with Gasteiger partial charge in [0.1, 0.15) is 18.1 Å². The smallest absolute Gasteiger partial charge is 0.260 e. The second kappa shape index (κ2) is 10.8. The van der Waals surface area contributed by atoms with Crippen molar-refractivity contribution in [3.63, 3.8) is 0 Å². The number of carbonyl (C=O) groups is 1. The van der Waals surface area contributed by atoms with Crippen LogP contribution in [0.5, 0.6) is 11.5 Å². The van der Waals surface area contributed by atoms with Gasteiger partial charge in [-0.3, -0.25) is 4.79 Å². The first kappa shape index (κ1) is 23.3. The highest BCUT2D eigenvalue weighted by atomic mass is 35.5. The SMILES string of the molecule is CC(Oc1ccc(Cl)cc1)C(=O)NCCOc1ccc(S(=O)(=O)N2CCOCC2)cc1. The molecule has 1 aliphatic heterocycles. The molecule has 0 bridgehead atoms. The highest BCUT2D eigenvalue weighted by Gasteiger charge is 2.26. The fourth-order valence-corrected chi connectivity index (χ4v) is 4.44. The van der Waals surface area contributed by atoms with E-state index in [2.05, 4.69) is 5.32 Å². The van der Waals surface area contributed by atoms with Crippen molar-refractivity contribution in [3.8, 4) is 11.5 Å². The first-order valence-electron chi connectivity index (χ1n) is 9.87. The van der Waals surface area contributed by atoms with Crippen LogP contribution in [0.2, 0.25) is 5.02 Å². The third-order valence-corrected chi connectivity index (χ3v) is 6.76. The second-order valence-corrected chi connectivity index (χ2v) is 9.22. The predicted molar refractivity (Wildman–Crippen MR) is 116 cm³/mol. The van der Waals surface area contributed by atoms with Gasteiger partial charge in [0, 0.05) is 18.1 Å². The number of nitrogens with zero attached hydrogens (tertiary/aromatic N) is 1. The molecule has 0 spiro atoms. The Morgan fingerprint density at radius 3 is 2.35 bits per heavy atom. The highest BCUT2D eigenvalue weighted by Crippen LogP contribution is 2.20. The molecule has 1 amide bonds. The van der Waals surface area contributed by atoms with Crippen LogP contribution in [0.3, 0.4) is 0 Å². The van der Waals surface area contributed by atoms with Gasteiger partial charge >= 0.3 is 0 Å². The van der Waals surface area contributed by atoms with Crippen LogP contribution >= 0.6 is 11.6 Å². The zero-order chi connectivity index (χ0) is 22.3. The number of hydrogen-bond acceptors (Lipinski definition) is 6. The summed E-state index contributed by atoms with van der Waals surface area (Å²) in [5.41, 5.74) is 0. The topological polar surface area (TPSA) is 94.2 Å². The summed E-state index contributed by atoms with van der Waals surface area (Å²) in [5.74, 6) is 0.793. The van der Waals surface area contributed by atoms with Crippen molar-refractivity contribution >= 4 is 27.5 Å². The summed E-state index contributed by atoms with van der Waals surface area (Å²) in [6.07, 6.45) is -0.675. The zero-order valence-electron chi connectivity index (χ0n) is 17.1. The molecule has 0 aliphatic carbocycles. The summed E-state index contributed by atoms with van der Waals surface area (Å²) in [5, 5.41) is 3.32. The Hall–Kier alpha value is -2.33. The zero-order valence-corrected chi connectivity index (χ0v) is 18.7. The number of sulfonamides is 1. The van der Waals surface area contributed by atoms with Gasteiger partial charge in [-0.1, -0.05) is 11.6 Å². The van der Waals surface area contributed by atoms with Crippen LogP contribution < -0.4 is 14.8 Å². The first-order valence-corrected chi connectivity index (χ1v) is 11.7. The number of carbonyl (C=O) groups excluding carboxylic acids is 1. The summed E-state index contributed by atoms with van der Waals surface area (Å²) in [4.78, 5) is 12.3. The van der Waals surface area contributed by atoms with Gasteiger partial charge in [0.25, 0.3) is 5.91 Å². The molecule has 1 fully saturated rings. The molecular weight excluding hydrogens is 444 g/mol. The van der Waals surface area contributed by atoms with E-state index in [-0.39, 0.29) is 24.0 Å². The average molecular weight is 469 g/mol. The molecule has 2 aromatic rings. The van der Waals surface area contributed by atoms with Crippen molar-refractivity contribution in [2.24, 2.45) is 0 Å². The van der Waals surface area contributed by atoms with E-state index >= 15 is 0 Å². The number of nitrogens with one attached hydrogen (secondary N) is 1. The van der Waals surface area contributed by atoms with E-state index in [4.69, 9.17) is 25.8 Å². The van der Waals surface area contributed by atoms with Gasteiger partial charge in [-0.25, -0.2) is 8.42 Å². The van der Waals surface area contributed by atoms with Crippen LogP contribution in [0.4, 0.5) is 0 Å². The van der Waals surface area contributed by atoms with E-state index in [0.29, 0.717) is 42.8 Å². The molecule has 168 valence electrons. The molecule has 10 heteroatoms. The number of ether oxygens (including phenoxy) is 3. The van der Waals surface area contributed by atoms with Crippen molar-refractivity contribution in [1.82, 2.24) is 9.62 Å². The lowest BCUT2D eigenvalue weighted by Gasteiger charge is -2.26. The molecule has 8 nitrogen and oxygen atoms in total. The molecule has 0 aromatic heterocycles. The third-order valence-electron chi connectivity index (χ3n) is 4.60. The molecule has 1 atom stereocenters. The fourth-order valence-electron chi connectivity index (χ4n) is 2.90. The fraction of sp³-hybridized carbons (Fsp3) is 0.381. The average Bonchev–Trinajstić information content (AvgIpc) is 2.79. The number of benzene rings is 2. The molecule has 1 N–H and O–H groups in total. The molecule has 3 rings (SSSR count). The lowest BCUT2D eigenvalue weighted by Crippen LogP contribution is -2.40. The normalized spacial score (nSPS) is 15.8. The Morgan fingerprint density at radius 1 is 1.10 bits per heavy atom. The Bertz CT molecular complexity index is 960. The minimum Gasteiger partial charge on any atom is -0.492 e. The molecule has 0 radical (unpaired) electrons. The Labute approximate surface area is 187 Å². The minimum absolute atomic E-state index is 0.211. The van der Waals surface area contributed by atoms with Crippen LogP contribution in [-0.2, 0) is 19.6 Å². The van der Waals surface area contributed by atoms with Crippen LogP contribution in [0, 0.1) is 0 Å². The largest absolute Gasteiger partial charge is 0.492 e. The van der Waals surface area contributed by atoms with Crippen molar-refractivity contribution < 1.29 is 27.4 Å². The van der Waals surface area contributed by atoms with Crippen molar-refractivity contribution in [2.45, 2.75) is 17.9 Å². The van der Waals surface area contributed by atoms with Gasteiger partial charge in [0.05, 0.1) is 24.7 Å². The van der Waals surface area contributed by atoms with E-state index in [1.807, 2.05) is 0 Å². The van der Waals surface area contributed by atoms with Gasteiger partial charge in [-0.15, -0.1) is 0 Å². The van der Waals surface area contributed by atoms with Crippen molar-refractivity contribution in [3.05, 3.63) is 53.6 Å². The minimum atomic E-state index is -3.53. The molecule has 1 saturated heterocycles. The quantitative estimate of drug-likeness (QED) is 0.567. The second-order valence-electron chi connectivity index (χ2n) is 6.84. The van der Waals surface area contributed by atoms with Gasteiger partial charge < -0.3 is 19.5 Å². The predicted octanol–water partition coefficient (Wildman–Crippen LogP) is 2.32. The maximum absolute atomic E-state index is 12.6. The maximum Gasteiger partial charge on any atom is 0.260 e. The summed E-state index contributed by atoms with van der Waals surface area (Å²) in [6, 6.07) is 13.0. The molecule has 31 heavy (non-hydrogen) atoms.